The summed E-state index contributed by atoms with van der Waals surface area (Å²) in [6.07, 6.45) is 5.87. The average molecular weight is 154 g/mol. The lowest BCUT2D eigenvalue weighted by atomic mass is 10.5. The summed E-state index contributed by atoms with van der Waals surface area (Å²) in [6.45, 7) is 2.92. The van der Waals surface area contributed by atoms with E-state index >= 15 is 0 Å². The van der Waals surface area contributed by atoms with Crippen molar-refractivity contribution >= 4 is 6.34 Å². The highest BCUT2D eigenvalue weighted by Gasteiger charge is 1.65. The molecule has 0 amide bonds. The number of nitrogens with two attached hydrogens (primary N) is 1. The van der Waals surface area contributed by atoms with Crippen LogP contribution in [0.2, 0.25) is 0 Å². The molecular formula is C7H14N4. The third kappa shape index (κ3) is 8.68. The number of hydrogen-bond acceptors (Lipinski definition) is 2. The predicted octanol–water partition coefficient (Wildman–Crippen LogP) is 0.793. The number of aliphatic imine (C=N–C) groups is 1. The second-order valence-corrected chi connectivity index (χ2v) is 1.82. The Morgan fingerprint density at radius 2 is 2.55 bits per heavy atom. The molecule has 0 aromatic carbocycles. The average Bonchev–Trinajstić information content (AvgIpc) is 2.57. The molecule has 1 aromatic rings. The molecule has 0 spiro atoms. The van der Waals surface area contributed by atoms with Gasteiger partial charge in [-0.1, -0.05) is 6.92 Å². The molecule has 0 saturated heterocycles. The zero-order valence-corrected chi connectivity index (χ0v) is 6.70. The fourth-order valence-electron chi connectivity index (χ4n) is 0.419. The van der Waals surface area contributed by atoms with Crippen LogP contribution < -0.4 is 5.73 Å². The lowest BCUT2D eigenvalue weighted by Gasteiger charge is -1.77. The Labute approximate surface area is 66.5 Å². The van der Waals surface area contributed by atoms with Crippen molar-refractivity contribution in [3.05, 3.63) is 18.5 Å². The summed E-state index contributed by atoms with van der Waals surface area (Å²) in [5.74, 6) is 0. The van der Waals surface area contributed by atoms with E-state index in [2.05, 4.69) is 22.1 Å². The number of nitrogens with one attached hydrogen (secondary N) is 1. The van der Waals surface area contributed by atoms with Gasteiger partial charge in [-0.2, -0.15) is 5.10 Å². The van der Waals surface area contributed by atoms with Crippen molar-refractivity contribution < 1.29 is 0 Å². The van der Waals surface area contributed by atoms with Gasteiger partial charge in [-0.05, 0) is 12.5 Å². The van der Waals surface area contributed by atoms with Crippen molar-refractivity contribution in [3.63, 3.8) is 0 Å². The number of H-pyrrole nitrogens is 1. The van der Waals surface area contributed by atoms with E-state index in [1.807, 2.05) is 6.07 Å². The van der Waals surface area contributed by atoms with Gasteiger partial charge in [-0.25, -0.2) is 0 Å². The van der Waals surface area contributed by atoms with Gasteiger partial charge in [0.1, 0.15) is 0 Å². The van der Waals surface area contributed by atoms with Crippen molar-refractivity contribution in [2.45, 2.75) is 13.3 Å². The van der Waals surface area contributed by atoms with E-state index < -0.39 is 0 Å². The van der Waals surface area contributed by atoms with Crippen LogP contribution in [-0.4, -0.2) is 23.1 Å². The highest BCUT2D eigenvalue weighted by atomic mass is 15.1. The van der Waals surface area contributed by atoms with Crippen LogP contribution in [0.25, 0.3) is 0 Å². The molecule has 0 aliphatic rings. The second-order valence-electron chi connectivity index (χ2n) is 1.82. The molecule has 0 aliphatic carbocycles. The first-order valence-electron chi connectivity index (χ1n) is 3.55. The number of aromatic nitrogens is 2. The Morgan fingerprint density at radius 3 is 2.73 bits per heavy atom. The van der Waals surface area contributed by atoms with Gasteiger partial charge >= 0.3 is 0 Å². The van der Waals surface area contributed by atoms with E-state index in [1.165, 1.54) is 6.34 Å². The monoisotopic (exact) mass is 154 g/mol. The molecule has 62 valence electrons. The minimum absolute atomic E-state index is 0.858. The number of nitrogens with zero attached hydrogens (tertiary/aromatic N) is 2. The number of aromatic amines is 1. The maximum absolute atomic E-state index is 4.92. The van der Waals surface area contributed by atoms with Crippen LogP contribution in [0.1, 0.15) is 13.3 Å². The summed E-state index contributed by atoms with van der Waals surface area (Å²) in [5.41, 5.74) is 4.92. The third-order valence-electron chi connectivity index (χ3n) is 0.864. The van der Waals surface area contributed by atoms with Crippen LogP contribution in [0, 0.1) is 0 Å². The summed E-state index contributed by atoms with van der Waals surface area (Å²) in [5, 5.41) is 6.21. The van der Waals surface area contributed by atoms with Crippen molar-refractivity contribution in [2.24, 2.45) is 10.7 Å². The number of hydrogen-bond donors (Lipinski definition) is 2. The van der Waals surface area contributed by atoms with E-state index in [9.17, 15) is 0 Å². The first kappa shape index (κ1) is 9.68. The molecule has 0 unspecified atom stereocenters. The van der Waals surface area contributed by atoms with Crippen LogP contribution in [0.4, 0.5) is 0 Å². The van der Waals surface area contributed by atoms with Gasteiger partial charge in [0.15, 0.2) is 0 Å². The van der Waals surface area contributed by atoms with Crippen molar-refractivity contribution in [3.8, 4) is 0 Å². The topological polar surface area (TPSA) is 67.1 Å². The Balaban J connectivity index is 0.000000183. The highest BCUT2D eigenvalue weighted by Crippen LogP contribution is 1.71. The Kier molecular flexibility index (Phi) is 7.64. The molecule has 3 N–H and O–H groups in total. The molecule has 0 aliphatic heterocycles. The molecule has 4 nitrogen and oxygen atoms in total. The molecule has 0 fully saturated rings. The van der Waals surface area contributed by atoms with E-state index in [0.717, 1.165) is 13.0 Å². The minimum Gasteiger partial charge on any atom is -0.390 e. The van der Waals surface area contributed by atoms with Gasteiger partial charge in [0.2, 0.25) is 0 Å². The molecule has 0 radical (unpaired) electrons. The van der Waals surface area contributed by atoms with Gasteiger partial charge in [0, 0.05) is 18.9 Å². The Bertz CT molecular complexity index is 140. The zero-order chi connectivity index (χ0) is 8.36. The quantitative estimate of drug-likeness (QED) is 0.488. The van der Waals surface area contributed by atoms with Crippen LogP contribution in [0.5, 0.6) is 0 Å². The molecule has 0 atom stereocenters. The standard InChI is InChI=1S/C4H10N2.C3H4N2/c1-2-3-6-4-5;1-2-4-5-3-1/h4H,2-3H2,1H3,(H2,5,6);1-3H,(H,4,5). The van der Waals surface area contributed by atoms with Crippen molar-refractivity contribution in [2.75, 3.05) is 6.54 Å². The predicted molar refractivity (Wildman–Crippen MR) is 46.4 cm³/mol. The molecule has 1 rings (SSSR count). The smallest absolute Gasteiger partial charge is 0.0797 e. The second kappa shape index (κ2) is 8.68. The van der Waals surface area contributed by atoms with Crippen LogP contribution >= 0.6 is 0 Å². The summed E-state index contributed by atoms with van der Waals surface area (Å²) in [7, 11) is 0. The molecular weight excluding hydrogens is 140 g/mol. The summed E-state index contributed by atoms with van der Waals surface area (Å²) < 4.78 is 0. The highest BCUT2D eigenvalue weighted by molar-refractivity contribution is 5.50. The maximum atomic E-state index is 4.92. The molecule has 4 heteroatoms. The fraction of sp³-hybridized carbons (Fsp3) is 0.429. The largest absolute Gasteiger partial charge is 0.390 e. The lowest BCUT2D eigenvalue weighted by molar-refractivity contribution is 0.935. The maximum Gasteiger partial charge on any atom is 0.0797 e. The molecule has 1 aromatic heterocycles. The van der Waals surface area contributed by atoms with E-state index in [1.54, 1.807) is 12.4 Å². The normalized spacial score (nSPS) is 9.18. The number of rotatable bonds is 2. The lowest BCUT2D eigenvalue weighted by Crippen LogP contribution is -1.89. The van der Waals surface area contributed by atoms with Crippen molar-refractivity contribution in [1.29, 1.82) is 0 Å². The third-order valence-corrected chi connectivity index (χ3v) is 0.864. The Morgan fingerprint density at radius 1 is 1.73 bits per heavy atom. The van der Waals surface area contributed by atoms with Gasteiger partial charge in [-0.3, -0.25) is 10.1 Å². The molecule has 1 heterocycles. The molecule has 11 heavy (non-hydrogen) atoms. The Hall–Kier alpha value is -1.32. The zero-order valence-electron chi connectivity index (χ0n) is 6.70. The van der Waals surface area contributed by atoms with Gasteiger partial charge in [-0.15, -0.1) is 0 Å². The van der Waals surface area contributed by atoms with E-state index in [4.69, 9.17) is 5.73 Å². The van der Waals surface area contributed by atoms with E-state index in [-0.39, 0.29) is 0 Å². The first-order chi connectivity index (χ1) is 5.41. The van der Waals surface area contributed by atoms with Crippen LogP contribution in [-0.2, 0) is 0 Å². The fourth-order valence-corrected chi connectivity index (χ4v) is 0.419. The summed E-state index contributed by atoms with van der Waals surface area (Å²) in [6, 6.07) is 1.83. The summed E-state index contributed by atoms with van der Waals surface area (Å²) >= 11 is 0. The van der Waals surface area contributed by atoms with Gasteiger partial charge in [0.25, 0.3) is 0 Å². The van der Waals surface area contributed by atoms with Gasteiger partial charge < -0.3 is 5.73 Å². The SMILES string of the molecule is CCCN=CN.c1cn[nH]c1. The minimum atomic E-state index is 0.858. The molecule has 0 saturated carbocycles. The van der Waals surface area contributed by atoms with Gasteiger partial charge in [0.05, 0.1) is 6.34 Å². The molecule has 0 bridgehead atoms. The van der Waals surface area contributed by atoms with Crippen LogP contribution in [0.15, 0.2) is 23.5 Å². The first-order valence-corrected chi connectivity index (χ1v) is 3.55. The summed E-state index contributed by atoms with van der Waals surface area (Å²) in [4.78, 5) is 3.74. The van der Waals surface area contributed by atoms with E-state index in [0.29, 0.717) is 0 Å². The van der Waals surface area contributed by atoms with Crippen molar-refractivity contribution in [1.82, 2.24) is 10.2 Å². The van der Waals surface area contributed by atoms with Crippen LogP contribution in [0.3, 0.4) is 0 Å².